The van der Waals surface area contributed by atoms with Gasteiger partial charge in [-0.1, -0.05) is 98.8 Å². The molecule has 0 saturated carbocycles. The fourth-order valence-electron chi connectivity index (χ4n) is 5.96. The first-order valence-corrected chi connectivity index (χ1v) is 14.1. The first kappa shape index (κ1) is 27.9. The Balaban J connectivity index is 1.78. The van der Waals surface area contributed by atoms with Crippen LogP contribution in [-0.4, -0.2) is 11.9 Å². The number of esters is 2. The molecule has 4 nitrogen and oxygen atoms in total. The number of fused-ring (bicyclic) bond motifs is 3. The number of hydrogen-bond acceptors (Lipinski definition) is 4. The Bertz CT molecular complexity index is 1550. The van der Waals surface area contributed by atoms with E-state index in [1.807, 2.05) is 12.1 Å². The molecule has 0 unspecified atom stereocenters. The highest BCUT2D eigenvalue weighted by atomic mass is 16.5. The molecule has 0 bridgehead atoms. The summed E-state index contributed by atoms with van der Waals surface area (Å²) < 4.78 is 11.4. The summed E-state index contributed by atoms with van der Waals surface area (Å²) in [5.41, 5.74) is 8.18. The predicted octanol–water partition coefficient (Wildman–Crippen LogP) is 8.14. The number of rotatable bonds is 8. The van der Waals surface area contributed by atoms with Crippen molar-refractivity contribution in [2.24, 2.45) is 0 Å². The predicted molar refractivity (Wildman–Crippen MR) is 163 cm³/mol. The second-order valence-corrected chi connectivity index (χ2v) is 10.0. The number of allylic oxidation sites excluding steroid dienone is 2. The molecule has 0 N–H and O–H groups in total. The Morgan fingerprint density at radius 1 is 0.634 bits per heavy atom. The van der Waals surface area contributed by atoms with Crippen LogP contribution in [0.5, 0.6) is 11.5 Å². The fraction of sp³-hybridized carbons (Fsp3) is 0.189. The van der Waals surface area contributed by atoms with Gasteiger partial charge in [-0.05, 0) is 83.3 Å². The van der Waals surface area contributed by atoms with E-state index in [2.05, 4.69) is 86.6 Å². The number of carbonyl (C=O) groups excluding carboxylic acids is 2. The van der Waals surface area contributed by atoms with Crippen LogP contribution in [0.15, 0.2) is 109 Å². The van der Waals surface area contributed by atoms with Gasteiger partial charge < -0.3 is 9.47 Å². The molecular formula is C37H34O4. The van der Waals surface area contributed by atoms with Crippen molar-refractivity contribution in [3.63, 3.8) is 0 Å². The molecule has 0 aromatic heterocycles. The smallest absolute Gasteiger partial charge is 0.335 e. The van der Waals surface area contributed by atoms with Crippen LogP contribution in [0, 0.1) is 0 Å². The number of carbonyl (C=O) groups is 2. The fourth-order valence-corrected chi connectivity index (χ4v) is 5.96. The van der Waals surface area contributed by atoms with E-state index in [4.69, 9.17) is 9.47 Å². The molecule has 206 valence electrons. The van der Waals surface area contributed by atoms with Crippen molar-refractivity contribution in [3.8, 4) is 22.6 Å². The highest BCUT2D eigenvalue weighted by Gasteiger charge is 2.46. The van der Waals surface area contributed by atoms with Crippen molar-refractivity contribution in [1.29, 1.82) is 0 Å². The maximum Gasteiger partial charge on any atom is 0.335 e. The van der Waals surface area contributed by atoms with Gasteiger partial charge >= 0.3 is 11.9 Å². The summed E-state index contributed by atoms with van der Waals surface area (Å²) in [7, 11) is 0. The molecule has 5 rings (SSSR count). The first-order valence-electron chi connectivity index (χ1n) is 14.1. The van der Waals surface area contributed by atoms with Crippen LogP contribution >= 0.6 is 0 Å². The molecule has 0 atom stereocenters. The number of aryl methyl sites for hydroxylation is 2. The van der Waals surface area contributed by atoms with E-state index < -0.39 is 17.4 Å². The van der Waals surface area contributed by atoms with Gasteiger partial charge in [0.25, 0.3) is 0 Å². The lowest BCUT2D eigenvalue weighted by molar-refractivity contribution is -0.129. The third-order valence-corrected chi connectivity index (χ3v) is 7.73. The molecule has 0 heterocycles. The zero-order chi connectivity index (χ0) is 29.0. The monoisotopic (exact) mass is 542 g/mol. The zero-order valence-electron chi connectivity index (χ0n) is 23.9. The van der Waals surface area contributed by atoms with E-state index in [9.17, 15) is 9.59 Å². The minimum Gasteiger partial charge on any atom is -0.423 e. The van der Waals surface area contributed by atoms with E-state index in [1.54, 1.807) is 26.0 Å². The maximum atomic E-state index is 12.3. The van der Waals surface area contributed by atoms with Crippen molar-refractivity contribution in [2.75, 3.05) is 0 Å². The van der Waals surface area contributed by atoms with Crippen molar-refractivity contribution in [2.45, 2.75) is 46.0 Å². The molecule has 4 heteroatoms. The highest BCUT2D eigenvalue weighted by molar-refractivity contribution is 5.87. The molecule has 4 aromatic carbocycles. The van der Waals surface area contributed by atoms with Crippen LogP contribution in [0.1, 0.15) is 61.1 Å². The third-order valence-electron chi connectivity index (χ3n) is 7.73. The van der Waals surface area contributed by atoms with Gasteiger partial charge in [-0.2, -0.15) is 0 Å². The summed E-state index contributed by atoms with van der Waals surface area (Å²) >= 11 is 0. The lowest BCUT2D eigenvalue weighted by Crippen LogP contribution is -2.29. The minimum absolute atomic E-state index is 0.392. The molecule has 0 saturated heterocycles. The Morgan fingerprint density at radius 3 is 1.44 bits per heavy atom. The van der Waals surface area contributed by atoms with Gasteiger partial charge in [-0.3, -0.25) is 0 Å². The molecule has 1 aliphatic rings. The van der Waals surface area contributed by atoms with E-state index in [0.717, 1.165) is 22.3 Å². The molecule has 0 radical (unpaired) electrons. The van der Waals surface area contributed by atoms with E-state index >= 15 is 0 Å². The average Bonchev–Trinajstić information content (AvgIpc) is 3.29. The van der Waals surface area contributed by atoms with Crippen molar-refractivity contribution < 1.29 is 19.1 Å². The van der Waals surface area contributed by atoms with Crippen LogP contribution in [0.3, 0.4) is 0 Å². The van der Waals surface area contributed by atoms with E-state index in [-0.39, 0.29) is 0 Å². The molecule has 0 aliphatic heterocycles. The normalized spacial score (nSPS) is 13.3. The topological polar surface area (TPSA) is 52.6 Å². The summed E-state index contributed by atoms with van der Waals surface area (Å²) in [6.45, 7) is 7.72. The van der Waals surface area contributed by atoms with Crippen LogP contribution < -0.4 is 9.47 Å². The number of hydrogen-bond donors (Lipinski definition) is 0. The lowest BCUT2D eigenvalue weighted by atomic mass is 9.67. The standard InChI is InChI=1S/C37H34O4/c1-5-13-35(38)40-33-21-19-27(23-25(33)7-3)37(28-20-22-34(26(8-4)24-28)41-36(39)14-6-2)31-17-11-9-15-29(31)30-16-10-12-18-32(30)37/h5-6,9-24H,7-8H2,1-4H3. The second kappa shape index (κ2) is 11.8. The minimum atomic E-state index is -0.626. The molecule has 1 aliphatic carbocycles. The number of ether oxygens (including phenoxy) is 2. The first-order chi connectivity index (χ1) is 20.0. The van der Waals surface area contributed by atoms with Crippen molar-refractivity contribution >= 4 is 11.9 Å². The largest absolute Gasteiger partial charge is 0.423 e. The van der Waals surface area contributed by atoms with Crippen LogP contribution in [-0.2, 0) is 27.8 Å². The second-order valence-electron chi connectivity index (χ2n) is 10.0. The maximum absolute atomic E-state index is 12.3. The quantitative estimate of drug-likeness (QED) is 0.113. The third kappa shape index (κ3) is 4.91. The summed E-state index contributed by atoms with van der Waals surface area (Å²) in [4.78, 5) is 24.6. The van der Waals surface area contributed by atoms with Crippen molar-refractivity contribution in [3.05, 3.63) is 143 Å². The average molecular weight is 543 g/mol. The number of benzene rings is 4. The van der Waals surface area contributed by atoms with E-state index in [1.165, 1.54) is 34.4 Å². The molecule has 0 amide bonds. The summed E-state index contributed by atoms with van der Waals surface area (Å²) in [5, 5.41) is 0. The van der Waals surface area contributed by atoms with Gasteiger partial charge in [0.2, 0.25) is 0 Å². The summed E-state index contributed by atoms with van der Waals surface area (Å²) in [6, 6.07) is 29.4. The lowest BCUT2D eigenvalue weighted by Gasteiger charge is -2.35. The highest BCUT2D eigenvalue weighted by Crippen LogP contribution is 2.56. The van der Waals surface area contributed by atoms with Gasteiger partial charge in [0.1, 0.15) is 11.5 Å². The molecule has 0 spiro atoms. The van der Waals surface area contributed by atoms with Crippen LogP contribution in [0.25, 0.3) is 11.1 Å². The Hall–Kier alpha value is -4.70. The molecule has 0 fully saturated rings. The van der Waals surface area contributed by atoms with E-state index in [0.29, 0.717) is 24.3 Å². The van der Waals surface area contributed by atoms with Crippen LogP contribution in [0.2, 0.25) is 0 Å². The zero-order valence-corrected chi connectivity index (χ0v) is 23.9. The molecule has 41 heavy (non-hydrogen) atoms. The van der Waals surface area contributed by atoms with Gasteiger partial charge in [0.15, 0.2) is 0 Å². The van der Waals surface area contributed by atoms with Crippen molar-refractivity contribution in [1.82, 2.24) is 0 Å². The van der Waals surface area contributed by atoms with Gasteiger partial charge in [0, 0.05) is 12.2 Å². The SMILES string of the molecule is CC=CC(=O)Oc1ccc(C2(c3ccc(OC(=O)C=CC)c(CC)c3)c3ccccc3-c3ccccc32)cc1CC. The van der Waals surface area contributed by atoms with Gasteiger partial charge in [-0.25, -0.2) is 9.59 Å². The summed E-state index contributed by atoms with van der Waals surface area (Å²) in [5.74, 6) is 0.345. The molecule has 4 aromatic rings. The Labute approximate surface area is 242 Å². The van der Waals surface area contributed by atoms with Gasteiger partial charge in [0.05, 0.1) is 5.41 Å². The Kier molecular flexibility index (Phi) is 8.02. The van der Waals surface area contributed by atoms with Gasteiger partial charge in [-0.15, -0.1) is 0 Å². The summed E-state index contributed by atoms with van der Waals surface area (Å²) in [6.07, 6.45) is 7.60. The molecular weight excluding hydrogens is 508 g/mol. The Morgan fingerprint density at radius 2 is 1.05 bits per heavy atom. The van der Waals surface area contributed by atoms with Crippen LogP contribution in [0.4, 0.5) is 0 Å².